The van der Waals surface area contributed by atoms with Crippen molar-refractivity contribution in [1.82, 2.24) is 14.9 Å². The number of thiocarbonyl (C=S) groups is 1. The molecular weight excluding hydrogens is 412 g/mol. The zero-order chi connectivity index (χ0) is 22.1. The lowest BCUT2D eigenvalue weighted by Gasteiger charge is -2.29. The van der Waals surface area contributed by atoms with Gasteiger partial charge in [-0.1, -0.05) is 42.8 Å². The van der Waals surface area contributed by atoms with E-state index in [-0.39, 0.29) is 12.1 Å². The highest BCUT2D eigenvalue weighted by Crippen LogP contribution is 2.42. The number of hydrogen-bond donors (Lipinski definition) is 1. The minimum atomic E-state index is -0.0614. The van der Waals surface area contributed by atoms with Crippen LogP contribution in [-0.2, 0) is 6.42 Å². The van der Waals surface area contributed by atoms with Crippen molar-refractivity contribution in [3.8, 4) is 5.69 Å². The van der Waals surface area contributed by atoms with Crippen LogP contribution in [0, 0.1) is 6.92 Å². The summed E-state index contributed by atoms with van der Waals surface area (Å²) in [6, 6.07) is 27.5. The normalized spacial score (nSPS) is 18.1. The third kappa shape index (κ3) is 3.69. The zero-order valence-corrected chi connectivity index (χ0v) is 19.1. The first kappa shape index (κ1) is 20.5. The number of benzene rings is 2. The number of nitrogens with zero attached hydrogens (tertiary/aromatic N) is 3. The van der Waals surface area contributed by atoms with E-state index in [2.05, 4.69) is 107 Å². The highest BCUT2D eigenvalue weighted by atomic mass is 32.1. The Bertz CT molecular complexity index is 1210. The Kier molecular flexibility index (Phi) is 5.50. The average Bonchev–Trinajstić information content (AvgIpc) is 3.44. The molecule has 32 heavy (non-hydrogen) atoms. The van der Waals surface area contributed by atoms with E-state index in [0.717, 1.165) is 29.2 Å². The second-order valence-electron chi connectivity index (χ2n) is 8.16. The molecule has 1 aliphatic heterocycles. The molecule has 3 heterocycles. The monoisotopic (exact) mass is 438 g/mol. The highest BCUT2D eigenvalue weighted by Gasteiger charge is 2.42. The maximum Gasteiger partial charge on any atom is 0.174 e. The van der Waals surface area contributed by atoms with Gasteiger partial charge in [0.2, 0.25) is 0 Å². The summed E-state index contributed by atoms with van der Waals surface area (Å²) in [7, 11) is 0. The van der Waals surface area contributed by atoms with E-state index in [1.54, 1.807) is 0 Å². The predicted molar refractivity (Wildman–Crippen MR) is 134 cm³/mol. The molecule has 0 amide bonds. The van der Waals surface area contributed by atoms with Gasteiger partial charge in [-0.15, -0.1) is 0 Å². The summed E-state index contributed by atoms with van der Waals surface area (Å²) in [5.74, 6) is 0. The van der Waals surface area contributed by atoms with Crippen molar-refractivity contribution in [1.29, 1.82) is 0 Å². The van der Waals surface area contributed by atoms with Crippen LogP contribution in [0.2, 0.25) is 0 Å². The number of hydrogen-bond acceptors (Lipinski definition) is 2. The lowest BCUT2D eigenvalue weighted by atomic mass is 10.0. The van der Waals surface area contributed by atoms with Crippen LogP contribution in [0.25, 0.3) is 5.69 Å². The lowest BCUT2D eigenvalue weighted by Crippen LogP contribution is -2.30. The molecule has 0 aliphatic carbocycles. The second-order valence-corrected chi connectivity index (χ2v) is 8.54. The van der Waals surface area contributed by atoms with Crippen LogP contribution in [-0.4, -0.2) is 14.7 Å². The zero-order valence-electron chi connectivity index (χ0n) is 18.3. The molecule has 0 spiro atoms. The van der Waals surface area contributed by atoms with Gasteiger partial charge in [-0.3, -0.25) is 4.98 Å². The number of rotatable bonds is 5. The molecule has 1 aliphatic rings. The topological polar surface area (TPSA) is 33.1 Å². The van der Waals surface area contributed by atoms with Crippen molar-refractivity contribution in [2.45, 2.75) is 32.4 Å². The number of anilines is 1. The molecule has 1 fully saturated rings. The number of aromatic nitrogens is 2. The molecule has 5 rings (SSSR count). The van der Waals surface area contributed by atoms with Gasteiger partial charge in [0.25, 0.3) is 0 Å². The number of nitrogens with one attached hydrogen (secondary N) is 1. The maximum absolute atomic E-state index is 5.87. The molecule has 2 aromatic carbocycles. The van der Waals surface area contributed by atoms with Gasteiger partial charge in [0.05, 0.1) is 11.7 Å². The Morgan fingerprint density at radius 2 is 1.66 bits per heavy atom. The first-order chi connectivity index (χ1) is 15.7. The summed E-state index contributed by atoms with van der Waals surface area (Å²) in [5.41, 5.74) is 6.91. The van der Waals surface area contributed by atoms with Crippen molar-refractivity contribution in [3.05, 3.63) is 114 Å². The average molecular weight is 439 g/mol. The molecule has 0 bridgehead atoms. The quantitative estimate of drug-likeness (QED) is 0.392. The predicted octanol–water partition coefficient (Wildman–Crippen LogP) is 5.92. The fourth-order valence-corrected chi connectivity index (χ4v) is 4.75. The van der Waals surface area contributed by atoms with E-state index in [0.29, 0.717) is 5.11 Å². The number of aryl methyl sites for hydroxylation is 2. The van der Waals surface area contributed by atoms with Crippen molar-refractivity contribution in [3.63, 3.8) is 0 Å². The summed E-state index contributed by atoms with van der Waals surface area (Å²) >= 11 is 5.87. The summed E-state index contributed by atoms with van der Waals surface area (Å²) in [6.07, 6.45) is 4.98. The van der Waals surface area contributed by atoms with Crippen LogP contribution in [0.4, 0.5) is 5.69 Å². The molecule has 0 unspecified atom stereocenters. The number of pyridine rings is 1. The van der Waals surface area contributed by atoms with Gasteiger partial charge in [0.1, 0.15) is 6.04 Å². The molecule has 1 saturated heterocycles. The third-order valence-electron chi connectivity index (χ3n) is 6.12. The first-order valence-electron chi connectivity index (χ1n) is 11.0. The Balaban J connectivity index is 1.64. The van der Waals surface area contributed by atoms with E-state index in [4.69, 9.17) is 12.2 Å². The van der Waals surface area contributed by atoms with Crippen LogP contribution < -0.4 is 10.2 Å². The van der Waals surface area contributed by atoms with E-state index in [1.807, 2.05) is 18.3 Å². The minimum absolute atomic E-state index is 0.0406. The minimum Gasteiger partial charge on any atom is -0.351 e. The van der Waals surface area contributed by atoms with E-state index in [9.17, 15) is 0 Å². The summed E-state index contributed by atoms with van der Waals surface area (Å²) in [6.45, 7) is 4.28. The fourth-order valence-electron chi connectivity index (χ4n) is 4.40. The first-order valence-corrected chi connectivity index (χ1v) is 11.4. The lowest BCUT2D eigenvalue weighted by molar-refractivity contribution is 0.549. The van der Waals surface area contributed by atoms with Crippen LogP contribution in [0.15, 0.2) is 91.3 Å². The Morgan fingerprint density at radius 3 is 2.34 bits per heavy atom. The van der Waals surface area contributed by atoms with Gasteiger partial charge in [0, 0.05) is 29.5 Å². The van der Waals surface area contributed by atoms with Gasteiger partial charge in [-0.05, 0) is 79.7 Å². The highest BCUT2D eigenvalue weighted by molar-refractivity contribution is 7.80. The molecular formula is C27H26N4S. The van der Waals surface area contributed by atoms with Crippen molar-refractivity contribution in [2.24, 2.45) is 0 Å². The van der Waals surface area contributed by atoms with E-state index in [1.165, 1.54) is 11.1 Å². The Hall–Kier alpha value is -3.44. The standard InChI is InChI=1S/C27H26N4S/c1-3-20-11-15-22(16-12-20)31-26(25(29-27(31)32)23-7-4-5-17-28-23)24-8-6-18-30(24)21-13-9-19(2)10-14-21/h4-18,25-26H,3H2,1-2H3,(H,29,32)/t25-,26-/m0/s1. The summed E-state index contributed by atoms with van der Waals surface area (Å²) in [5, 5.41) is 4.27. The van der Waals surface area contributed by atoms with E-state index < -0.39 is 0 Å². The molecule has 5 heteroatoms. The van der Waals surface area contributed by atoms with Gasteiger partial charge < -0.3 is 14.8 Å². The van der Waals surface area contributed by atoms with E-state index >= 15 is 0 Å². The molecule has 0 saturated carbocycles. The molecule has 1 N–H and O–H groups in total. The maximum atomic E-state index is 5.87. The smallest absolute Gasteiger partial charge is 0.174 e. The van der Waals surface area contributed by atoms with Crippen LogP contribution in [0.5, 0.6) is 0 Å². The van der Waals surface area contributed by atoms with Gasteiger partial charge in [-0.25, -0.2) is 0 Å². The molecule has 4 aromatic rings. The van der Waals surface area contributed by atoms with Gasteiger partial charge in [-0.2, -0.15) is 0 Å². The van der Waals surface area contributed by atoms with Crippen molar-refractivity contribution in [2.75, 3.05) is 4.90 Å². The van der Waals surface area contributed by atoms with Crippen LogP contribution in [0.3, 0.4) is 0 Å². The third-order valence-corrected chi connectivity index (χ3v) is 6.43. The van der Waals surface area contributed by atoms with Crippen LogP contribution >= 0.6 is 12.2 Å². The fraction of sp³-hybridized carbons (Fsp3) is 0.185. The summed E-state index contributed by atoms with van der Waals surface area (Å²) < 4.78 is 2.25. The molecule has 2 aromatic heterocycles. The van der Waals surface area contributed by atoms with Gasteiger partial charge in [0.15, 0.2) is 5.11 Å². The largest absolute Gasteiger partial charge is 0.351 e. The molecule has 160 valence electrons. The van der Waals surface area contributed by atoms with Crippen molar-refractivity contribution < 1.29 is 0 Å². The SMILES string of the molecule is CCc1ccc(N2C(=S)N[C@@H](c3ccccn3)[C@@H]2c2cccn2-c2ccc(C)cc2)cc1. The molecule has 2 atom stereocenters. The van der Waals surface area contributed by atoms with Gasteiger partial charge >= 0.3 is 0 Å². The summed E-state index contributed by atoms with van der Waals surface area (Å²) in [4.78, 5) is 6.90. The molecule has 4 nitrogen and oxygen atoms in total. The molecule has 0 radical (unpaired) electrons. The van der Waals surface area contributed by atoms with Crippen LogP contribution in [0.1, 0.15) is 41.5 Å². The van der Waals surface area contributed by atoms with Crippen molar-refractivity contribution >= 4 is 23.0 Å². The second kappa shape index (κ2) is 8.60. The Labute approximate surface area is 194 Å². The Morgan fingerprint density at radius 1 is 0.906 bits per heavy atom.